The molecule has 2 aromatic carbocycles. The fourth-order valence-corrected chi connectivity index (χ4v) is 3.28. The highest BCUT2D eigenvalue weighted by molar-refractivity contribution is 6.35. The minimum atomic E-state index is -1.20. The van der Waals surface area contributed by atoms with Gasteiger partial charge in [-0.3, -0.25) is 9.69 Å². The Bertz CT molecular complexity index is 779. The summed E-state index contributed by atoms with van der Waals surface area (Å²) in [4.78, 5) is 26.3. The number of hydrogen-bond acceptors (Lipinski definition) is 2. The van der Waals surface area contributed by atoms with Crippen LogP contribution in [-0.2, 0) is 16.9 Å². The molecule has 4 nitrogen and oxygen atoms in total. The molecule has 0 spiro atoms. The van der Waals surface area contributed by atoms with Gasteiger partial charge in [0.15, 0.2) is 0 Å². The first-order valence-electron chi connectivity index (χ1n) is 7.05. The number of rotatable bonds is 3. The molecule has 2 aromatic rings. The Hall–Kier alpha value is -2.04. The van der Waals surface area contributed by atoms with E-state index in [4.69, 9.17) is 23.2 Å². The van der Waals surface area contributed by atoms with Crippen LogP contribution < -0.4 is 5.32 Å². The van der Waals surface area contributed by atoms with Gasteiger partial charge >= 0.3 is 6.03 Å². The molecule has 1 heterocycles. The Morgan fingerprint density at radius 1 is 1.09 bits per heavy atom. The van der Waals surface area contributed by atoms with Gasteiger partial charge in [0.05, 0.1) is 6.54 Å². The van der Waals surface area contributed by atoms with Crippen molar-refractivity contribution in [1.82, 2.24) is 10.2 Å². The van der Waals surface area contributed by atoms with Crippen molar-refractivity contribution in [1.29, 1.82) is 0 Å². The molecule has 0 unspecified atom stereocenters. The van der Waals surface area contributed by atoms with E-state index in [0.717, 1.165) is 5.56 Å². The maximum atomic E-state index is 12.8. The lowest BCUT2D eigenvalue weighted by atomic mass is 9.92. The van der Waals surface area contributed by atoms with Gasteiger partial charge in [0.2, 0.25) is 0 Å². The summed E-state index contributed by atoms with van der Waals surface area (Å²) in [6.45, 7) is 1.86. The first-order valence-corrected chi connectivity index (χ1v) is 7.81. The average Bonchev–Trinajstić information content (AvgIpc) is 2.72. The molecule has 1 N–H and O–H groups in total. The highest BCUT2D eigenvalue weighted by Crippen LogP contribution is 2.35. The van der Waals surface area contributed by atoms with Crippen molar-refractivity contribution in [3.05, 3.63) is 69.7 Å². The summed E-state index contributed by atoms with van der Waals surface area (Å²) in [5.41, 5.74) is 0.202. The number of carbonyl (C=O) groups excluding carboxylic acids is 2. The number of carbonyl (C=O) groups is 2. The number of halogens is 2. The van der Waals surface area contributed by atoms with Crippen molar-refractivity contribution in [3.8, 4) is 0 Å². The summed E-state index contributed by atoms with van der Waals surface area (Å²) in [5, 5.41) is 3.55. The van der Waals surface area contributed by atoms with E-state index < -0.39 is 11.6 Å². The van der Waals surface area contributed by atoms with Crippen molar-refractivity contribution >= 4 is 35.1 Å². The first-order chi connectivity index (χ1) is 10.9. The molecular weight excluding hydrogens is 335 g/mol. The van der Waals surface area contributed by atoms with Gasteiger partial charge in [-0.25, -0.2) is 4.79 Å². The van der Waals surface area contributed by atoms with E-state index in [1.54, 1.807) is 25.1 Å². The third kappa shape index (κ3) is 2.80. The molecule has 23 heavy (non-hydrogen) atoms. The van der Waals surface area contributed by atoms with Gasteiger partial charge in [0.25, 0.3) is 5.91 Å². The molecule has 3 amide bonds. The van der Waals surface area contributed by atoms with Gasteiger partial charge in [-0.1, -0.05) is 59.6 Å². The van der Waals surface area contributed by atoms with E-state index in [1.807, 2.05) is 30.3 Å². The summed E-state index contributed by atoms with van der Waals surface area (Å²) in [6.07, 6.45) is 0. The number of benzene rings is 2. The Morgan fingerprint density at radius 3 is 2.43 bits per heavy atom. The van der Waals surface area contributed by atoms with Gasteiger partial charge in [0, 0.05) is 15.6 Å². The maximum absolute atomic E-state index is 12.8. The third-order valence-corrected chi connectivity index (χ3v) is 4.48. The molecule has 0 aromatic heterocycles. The Morgan fingerprint density at radius 2 is 1.78 bits per heavy atom. The molecule has 0 radical (unpaired) electrons. The Kier molecular flexibility index (Phi) is 4.04. The number of urea groups is 1. The average molecular weight is 349 g/mol. The fraction of sp³-hybridized carbons (Fsp3) is 0.176. The smallest absolute Gasteiger partial charge is 0.319 e. The van der Waals surface area contributed by atoms with Crippen LogP contribution in [0.3, 0.4) is 0 Å². The standard InChI is InChI=1S/C17H14Cl2N2O2/c1-17(13-8-7-12(18)9-14(13)19)15(22)21(16(23)20-17)10-11-5-3-2-4-6-11/h2-9H,10H2,1H3,(H,20,23)/t17-/m0/s1. The normalized spacial score (nSPS) is 20.7. The van der Waals surface area contributed by atoms with E-state index in [2.05, 4.69) is 5.32 Å². The molecule has 3 rings (SSSR count). The SMILES string of the molecule is C[C@@]1(c2ccc(Cl)cc2Cl)NC(=O)N(Cc2ccccc2)C1=O. The molecule has 118 valence electrons. The minimum absolute atomic E-state index is 0.215. The highest BCUT2D eigenvalue weighted by atomic mass is 35.5. The predicted octanol–water partition coefficient (Wildman–Crippen LogP) is 3.96. The lowest BCUT2D eigenvalue weighted by molar-refractivity contribution is -0.131. The topological polar surface area (TPSA) is 49.4 Å². The number of nitrogens with one attached hydrogen (secondary N) is 1. The predicted molar refractivity (Wildman–Crippen MR) is 89.3 cm³/mol. The summed E-state index contributed by atoms with van der Waals surface area (Å²) in [7, 11) is 0. The van der Waals surface area contributed by atoms with Crippen molar-refractivity contribution in [2.24, 2.45) is 0 Å². The van der Waals surface area contributed by atoms with Gasteiger partial charge < -0.3 is 5.32 Å². The molecule has 1 atom stereocenters. The van der Waals surface area contributed by atoms with Crippen molar-refractivity contribution in [2.75, 3.05) is 0 Å². The van der Waals surface area contributed by atoms with Gasteiger partial charge in [-0.05, 0) is 24.6 Å². The molecule has 1 saturated heterocycles. The third-order valence-electron chi connectivity index (χ3n) is 3.93. The summed E-state index contributed by atoms with van der Waals surface area (Å²) >= 11 is 12.1. The number of imide groups is 1. The van der Waals surface area contributed by atoms with Crippen LogP contribution in [0.1, 0.15) is 18.1 Å². The minimum Gasteiger partial charge on any atom is -0.319 e. The molecule has 0 saturated carbocycles. The molecule has 1 aliphatic heterocycles. The fourth-order valence-electron chi connectivity index (χ4n) is 2.68. The number of nitrogens with zero attached hydrogens (tertiary/aromatic N) is 1. The van der Waals surface area contributed by atoms with Crippen molar-refractivity contribution in [2.45, 2.75) is 19.0 Å². The molecule has 0 aliphatic carbocycles. The van der Waals surface area contributed by atoms with E-state index in [-0.39, 0.29) is 12.5 Å². The van der Waals surface area contributed by atoms with Crippen LogP contribution in [0.5, 0.6) is 0 Å². The van der Waals surface area contributed by atoms with E-state index in [1.165, 1.54) is 4.90 Å². The van der Waals surface area contributed by atoms with Crippen LogP contribution in [0, 0.1) is 0 Å². The second kappa shape index (κ2) is 5.87. The zero-order chi connectivity index (χ0) is 16.6. The Labute approximate surface area is 144 Å². The van der Waals surface area contributed by atoms with Gasteiger partial charge in [-0.2, -0.15) is 0 Å². The Balaban J connectivity index is 1.93. The second-order valence-electron chi connectivity index (χ2n) is 5.56. The molecule has 6 heteroatoms. The van der Waals surface area contributed by atoms with Crippen LogP contribution in [-0.4, -0.2) is 16.8 Å². The molecule has 1 fully saturated rings. The van der Waals surface area contributed by atoms with Crippen LogP contribution in [0.15, 0.2) is 48.5 Å². The quantitative estimate of drug-likeness (QED) is 0.853. The van der Waals surface area contributed by atoms with E-state index in [9.17, 15) is 9.59 Å². The summed E-state index contributed by atoms with van der Waals surface area (Å²) in [5.74, 6) is -0.337. The van der Waals surface area contributed by atoms with E-state index in [0.29, 0.717) is 15.6 Å². The zero-order valence-electron chi connectivity index (χ0n) is 12.3. The van der Waals surface area contributed by atoms with Crippen molar-refractivity contribution < 1.29 is 9.59 Å². The van der Waals surface area contributed by atoms with Crippen LogP contribution >= 0.6 is 23.2 Å². The maximum Gasteiger partial charge on any atom is 0.325 e. The monoisotopic (exact) mass is 348 g/mol. The molecular formula is C17H14Cl2N2O2. The second-order valence-corrected chi connectivity index (χ2v) is 6.40. The van der Waals surface area contributed by atoms with Crippen LogP contribution in [0.2, 0.25) is 10.0 Å². The van der Waals surface area contributed by atoms with E-state index >= 15 is 0 Å². The first kappa shape index (κ1) is 15.8. The largest absolute Gasteiger partial charge is 0.325 e. The number of hydrogen-bond donors (Lipinski definition) is 1. The lowest BCUT2D eigenvalue weighted by Gasteiger charge is -2.23. The van der Waals surface area contributed by atoms with Gasteiger partial charge in [-0.15, -0.1) is 0 Å². The van der Waals surface area contributed by atoms with Crippen molar-refractivity contribution in [3.63, 3.8) is 0 Å². The van der Waals surface area contributed by atoms with Crippen LogP contribution in [0.4, 0.5) is 4.79 Å². The number of amides is 3. The summed E-state index contributed by atoms with van der Waals surface area (Å²) in [6, 6.07) is 13.8. The van der Waals surface area contributed by atoms with Gasteiger partial charge in [0.1, 0.15) is 5.54 Å². The molecule has 0 bridgehead atoms. The lowest BCUT2D eigenvalue weighted by Crippen LogP contribution is -2.41. The zero-order valence-corrected chi connectivity index (χ0v) is 13.9. The van der Waals surface area contributed by atoms with Crippen LogP contribution in [0.25, 0.3) is 0 Å². The summed E-state index contributed by atoms with van der Waals surface area (Å²) < 4.78 is 0. The molecule has 1 aliphatic rings. The highest BCUT2D eigenvalue weighted by Gasteiger charge is 2.49.